The Balaban J connectivity index is 1.74. The highest BCUT2D eigenvalue weighted by Gasteiger charge is 2.30. The maximum atomic E-state index is 12.8. The Morgan fingerprint density at radius 2 is 1.48 bits per heavy atom. The average molecular weight is 456 g/mol. The summed E-state index contributed by atoms with van der Waals surface area (Å²) in [4.78, 5) is 36.0. The molecule has 0 aliphatic carbocycles. The van der Waals surface area contributed by atoms with Crippen molar-refractivity contribution < 1.29 is 32.3 Å². The number of benzene rings is 3. The SMILES string of the molecule is COC(=O)CNC(=O)c1ccc(NC(=O)c2ccccc2-c2ccc(C(F)(F)F)cc2)cc1. The highest BCUT2D eigenvalue weighted by atomic mass is 19.4. The van der Waals surface area contributed by atoms with E-state index in [1.807, 2.05) is 0 Å². The molecule has 0 spiro atoms. The van der Waals surface area contributed by atoms with Crippen molar-refractivity contribution >= 4 is 23.5 Å². The third-order valence-electron chi connectivity index (χ3n) is 4.72. The van der Waals surface area contributed by atoms with E-state index in [0.29, 0.717) is 16.8 Å². The van der Waals surface area contributed by atoms with Crippen molar-refractivity contribution in [3.63, 3.8) is 0 Å². The molecule has 2 N–H and O–H groups in total. The fourth-order valence-corrected chi connectivity index (χ4v) is 3.00. The second kappa shape index (κ2) is 9.99. The van der Waals surface area contributed by atoms with E-state index in [1.165, 1.54) is 43.5 Å². The van der Waals surface area contributed by atoms with Gasteiger partial charge >= 0.3 is 12.1 Å². The van der Waals surface area contributed by atoms with Crippen LogP contribution in [0.4, 0.5) is 18.9 Å². The lowest BCUT2D eigenvalue weighted by atomic mass is 9.98. The van der Waals surface area contributed by atoms with E-state index >= 15 is 0 Å². The molecule has 0 fully saturated rings. The number of rotatable bonds is 6. The first-order chi connectivity index (χ1) is 15.7. The van der Waals surface area contributed by atoms with E-state index in [0.717, 1.165) is 12.1 Å². The lowest BCUT2D eigenvalue weighted by molar-refractivity contribution is -0.139. The first-order valence-corrected chi connectivity index (χ1v) is 9.72. The zero-order valence-corrected chi connectivity index (χ0v) is 17.4. The van der Waals surface area contributed by atoms with E-state index < -0.39 is 29.5 Å². The fraction of sp³-hybridized carbons (Fsp3) is 0.125. The van der Waals surface area contributed by atoms with Crippen LogP contribution in [-0.2, 0) is 15.7 Å². The lowest BCUT2D eigenvalue weighted by Gasteiger charge is -2.12. The molecule has 6 nitrogen and oxygen atoms in total. The molecular formula is C24H19F3N2O4. The van der Waals surface area contributed by atoms with E-state index in [4.69, 9.17) is 0 Å². The van der Waals surface area contributed by atoms with Crippen LogP contribution in [0.5, 0.6) is 0 Å². The minimum atomic E-state index is -4.45. The van der Waals surface area contributed by atoms with Gasteiger partial charge in [-0.3, -0.25) is 14.4 Å². The van der Waals surface area contributed by atoms with Crippen LogP contribution in [0.15, 0.2) is 72.8 Å². The molecule has 0 bridgehead atoms. The highest BCUT2D eigenvalue weighted by molar-refractivity contribution is 6.09. The van der Waals surface area contributed by atoms with Gasteiger partial charge in [-0.15, -0.1) is 0 Å². The van der Waals surface area contributed by atoms with Gasteiger partial charge in [0.15, 0.2) is 0 Å². The number of halogens is 3. The van der Waals surface area contributed by atoms with Crippen LogP contribution in [0.3, 0.4) is 0 Å². The van der Waals surface area contributed by atoms with Crippen molar-refractivity contribution in [3.8, 4) is 11.1 Å². The molecule has 33 heavy (non-hydrogen) atoms. The Bertz CT molecular complexity index is 1160. The van der Waals surface area contributed by atoms with Crippen LogP contribution in [0, 0.1) is 0 Å². The van der Waals surface area contributed by atoms with Crippen molar-refractivity contribution in [2.45, 2.75) is 6.18 Å². The van der Waals surface area contributed by atoms with Gasteiger partial charge in [-0.25, -0.2) is 0 Å². The van der Waals surface area contributed by atoms with Crippen LogP contribution in [-0.4, -0.2) is 31.4 Å². The molecule has 0 radical (unpaired) electrons. The molecule has 0 heterocycles. The summed E-state index contributed by atoms with van der Waals surface area (Å²) in [6, 6.07) is 17.1. The van der Waals surface area contributed by atoms with Crippen LogP contribution in [0.2, 0.25) is 0 Å². The largest absolute Gasteiger partial charge is 0.468 e. The Morgan fingerprint density at radius 1 is 0.848 bits per heavy atom. The second-order valence-electron chi connectivity index (χ2n) is 6.91. The second-order valence-corrected chi connectivity index (χ2v) is 6.91. The Kier molecular flexibility index (Phi) is 7.12. The zero-order valence-electron chi connectivity index (χ0n) is 17.4. The molecule has 0 saturated carbocycles. The van der Waals surface area contributed by atoms with Gasteiger partial charge in [0.05, 0.1) is 12.7 Å². The summed E-state index contributed by atoms with van der Waals surface area (Å²) in [5.41, 5.74) is 1.13. The minimum Gasteiger partial charge on any atom is -0.468 e. The first-order valence-electron chi connectivity index (χ1n) is 9.72. The van der Waals surface area contributed by atoms with Crippen molar-refractivity contribution in [1.29, 1.82) is 0 Å². The molecule has 0 atom stereocenters. The quantitative estimate of drug-likeness (QED) is 0.534. The van der Waals surface area contributed by atoms with Crippen molar-refractivity contribution in [1.82, 2.24) is 5.32 Å². The summed E-state index contributed by atoms with van der Waals surface area (Å²) < 4.78 is 43.0. The van der Waals surface area contributed by atoms with E-state index in [-0.39, 0.29) is 17.7 Å². The normalized spacial score (nSPS) is 10.9. The average Bonchev–Trinajstić information content (AvgIpc) is 2.82. The molecule has 0 saturated heterocycles. The van der Waals surface area contributed by atoms with Crippen LogP contribution in [0.25, 0.3) is 11.1 Å². The molecular weight excluding hydrogens is 437 g/mol. The molecule has 0 aromatic heterocycles. The van der Waals surface area contributed by atoms with Gasteiger partial charge in [-0.05, 0) is 53.6 Å². The predicted molar refractivity (Wildman–Crippen MR) is 116 cm³/mol. The molecule has 0 aliphatic rings. The molecule has 3 aromatic carbocycles. The number of amides is 2. The van der Waals surface area contributed by atoms with Gasteiger partial charge < -0.3 is 15.4 Å². The number of esters is 1. The number of nitrogens with one attached hydrogen (secondary N) is 2. The van der Waals surface area contributed by atoms with Crippen molar-refractivity contribution in [2.75, 3.05) is 19.0 Å². The molecule has 3 aromatic rings. The monoisotopic (exact) mass is 456 g/mol. The maximum Gasteiger partial charge on any atom is 0.416 e. The number of anilines is 1. The molecule has 3 rings (SSSR count). The van der Waals surface area contributed by atoms with E-state index in [1.54, 1.807) is 24.3 Å². The Hall–Kier alpha value is -4.14. The molecule has 0 unspecified atom stereocenters. The van der Waals surface area contributed by atoms with Gasteiger partial charge in [0.2, 0.25) is 0 Å². The number of alkyl halides is 3. The zero-order chi connectivity index (χ0) is 24.0. The van der Waals surface area contributed by atoms with Crippen LogP contribution >= 0.6 is 0 Å². The standard InChI is InChI=1S/C24H19F3N2O4/c1-33-21(30)14-28-22(31)16-8-12-18(13-9-16)29-23(32)20-5-3-2-4-19(20)15-6-10-17(11-7-15)24(25,26)27/h2-13H,14H2,1H3,(H,28,31)(H,29,32). The Labute approximate surface area is 187 Å². The van der Waals surface area contributed by atoms with Crippen molar-refractivity contribution in [2.24, 2.45) is 0 Å². The molecule has 2 amide bonds. The summed E-state index contributed by atoms with van der Waals surface area (Å²) >= 11 is 0. The van der Waals surface area contributed by atoms with Gasteiger partial charge in [0, 0.05) is 16.8 Å². The summed E-state index contributed by atoms with van der Waals surface area (Å²) in [5, 5.41) is 5.11. The number of carbonyl (C=O) groups excluding carboxylic acids is 3. The molecule has 170 valence electrons. The van der Waals surface area contributed by atoms with E-state index in [2.05, 4.69) is 15.4 Å². The smallest absolute Gasteiger partial charge is 0.416 e. The highest BCUT2D eigenvalue weighted by Crippen LogP contribution is 2.32. The number of ether oxygens (including phenoxy) is 1. The van der Waals surface area contributed by atoms with Gasteiger partial charge in [-0.1, -0.05) is 30.3 Å². The predicted octanol–water partition coefficient (Wildman–Crippen LogP) is 4.53. The van der Waals surface area contributed by atoms with Crippen molar-refractivity contribution in [3.05, 3.63) is 89.5 Å². The summed E-state index contributed by atoms with van der Waals surface area (Å²) in [5.74, 6) is -1.53. The summed E-state index contributed by atoms with van der Waals surface area (Å²) in [7, 11) is 1.21. The minimum absolute atomic E-state index is 0.269. The third-order valence-corrected chi connectivity index (χ3v) is 4.72. The Morgan fingerprint density at radius 3 is 2.09 bits per heavy atom. The van der Waals surface area contributed by atoms with Gasteiger partial charge in [0.25, 0.3) is 11.8 Å². The number of hydrogen-bond acceptors (Lipinski definition) is 4. The van der Waals surface area contributed by atoms with Gasteiger partial charge in [-0.2, -0.15) is 13.2 Å². The fourth-order valence-electron chi connectivity index (χ4n) is 3.00. The summed E-state index contributed by atoms with van der Waals surface area (Å²) in [6.07, 6.45) is -4.45. The number of hydrogen-bond donors (Lipinski definition) is 2. The van der Waals surface area contributed by atoms with Crippen LogP contribution in [0.1, 0.15) is 26.3 Å². The molecule has 9 heteroatoms. The lowest BCUT2D eigenvalue weighted by Crippen LogP contribution is -2.30. The maximum absolute atomic E-state index is 12.8. The molecule has 0 aliphatic heterocycles. The third kappa shape index (κ3) is 5.97. The summed E-state index contributed by atoms with van der Waals surface area (Å²) in [6.45, 7) is -0.269. The number of carbonyl (C=O) groups is 3. The van der Waals surface area contributed by atoms with Gasteiger partial charge in [0.1, 0.15) is 6.54 Å². The first kappa shape index (κ1) is 23.5. The topological polar surface area (TPSA) is 84.5 Å². The van der Waals surface area contributed by atoms with Crippen LogP contribution < -0.4 is 10.6 Å². The van der Waals surface area contributed by atoms with E-state index in [9.17, 15) is 27.6 Å². The number of methoxy groups -OCH3 is 1.